The van der Waals surface area contributed by atoms with E-state index < -0.39 is 12.1 Å². The Balaban J connectivity index is 3.97. The molecule has 0 aliphatic heterocycles. The second-order valence-corrected chi connectivity index (χ2v) is 4.61. The molecule has 0 saturated carbocycles. The van der Waals surface area contributed by atoms with E-state index in [0.29, 0.717) is 37.8 Å². The van der Waals surface area contributed by atoms with Crippen LogP contribution >= 0.6 is 25.3 Å². The molecule has 0 aromatic heterocycles. The summed E-state index contributed by atoms with van der Waals surface area (Å²) in [7, 11) is 0. The number of esters is 2. The first-order chi connectivity index (χ1) is 9.60. The lowest BCUT2D eigenvalue weighted by molar-refractivity contribution is -0.146. The molecule has 0 heterocycles. The maximum absolute atomic E-state index is 11.5. The molecule has 0 aliphatic carbocycles. The van der Waals surface area contributed by atoms with Crippen molar-refractivity contribution in [2.75, 3.05) is 37.8 Å². The van der Waals surface area contributed by atoms with E-state index in [2.05, 4.69) is 35.9 Å². The summed E-state index contributed by atoms with van der Waals surface area (Å²) in [6.45, 7) is 5.21. The van der Waals surface area contributed by atoms with Crippen molar-refractivity contribution in [3.05, 3.63) is 0 Å². The van der Waals surface area contributed by atoms with Crippen LogP contribution in [0.2, 0.25) is 0 Å². The molecule has 0 aromatic rings. The van der Waals surface area contributed by atoms with Crippen molar-refractivity contribution < 1.29 is 19.1 Å². The second-order valence-electron chi connectivity index (χ2n) is 3.88. The van der Waals surface area contributed by atoms with Gasteiger partial charge in [0.25, 0.3) is 0 Å². The average molecular weight is 324 g/mol. The molecule has 20 heavy (non-hydrogen) atoms. The molecule has 0 saturated heterocycles. The maximum atomic E-state index is 11.5. The number of ether oxygens (including phenoxy) is 2. The quantitative estimate of drug-likeness (QED) is 0.241. The molecule has 0 aliphatic rings. The Bertz CT molecular complexity index is 265. The van der Waals surface area contributed by atoms with Crippen LogP contribution in [0.15, 0.2) is 0 Å². The second kappa shape index (κ2) is 12.3. The molecule has 6 nitrogen and oxygen atoms in total. The van der Waals surface area contributed by atoms with Gasteiger partial charge in [-0.15, -0.1) is 0 Å². The summed E-state index contributed by atoms with van der Waals surface area (Å²) in [5.74, 6) is 0.0663. The molecule has 0 amide bonds. The van der Waals surface area contributed by atoms with Crippen molar-refractivity contribution in [2.24, 2.45) is 0 Å². The van der Waals surface area contributed by atoms with Gasteiger partial charge in [-0.1, -0.05) is 0 Å². The van der Waals surface area contributed by atoms with Crippen LogP contribution in [0.4, 0.5) is 0 Å². The summed E-state index contributed by atoms with van der Waals surface area (Å²) in [6.07, 6.45) is 0. The third kappa shape index (κ3) is 7.98. The zero-order valence-electron chi connectivity index (χ0n) is 11.9. The average Bonchev–Trinajstić information content (AvgIpc) is 2.43. The predicted octanol–water partition coefficient (Wildman–Crippen LogP) is -0.111. The van der Waals surface area contributed by atoms with Crippen molar-refractivity contribution in [2.45, 2.75) is 25.9 Å². The Labute approximate surface area is 131 Å². The summed E-state index contributed by atoms with van der Waals surface area (Å²) in [5.41, 5.74) is 0. The summed E-state index contributed by atoms with van der Waals surface area (Å²) in [6, 6.07) is -0.894. The molecule has 0 radical (unpaired) electrons. The molecule has 0 bridgehead atoms. The lowest BCUT2D eigenvalue weighted by Crippen LogP contribution is -2.46. The van der Waals surface area contributed by atoms with Crippen LogP contribution in [0.3, 0.4) is 0 Å². The standard InChI is InChI=1S/C12H24N2O4S2/c1-3-17-11(15)9(7-19)13-5-6-14-10(8-20)12(16)18-4-2/h9-10,13-14,19-20H,3-8H2,1-2H3/t9-,10-/m1/s1. The topological polar surface area (TPSA) is 76.7 Å². The van der Waals surface area contributed by atoms with Gasteiger partial charge in [0.15, 0.2) is 0 Å². The minimum absolute atomic E-state index is 0.321. The van der Waals surface area contributed by atoms with Crippen LogP contribution in [-0.4, -0.2) is 61.8 Å². The van der Waals surface area contributed by atoms with E-state index in [1.165, 1.54) is 0 Å². The first-order valence-electron chi connectivity index (χ1n) is 6.62. The van der Waals surface area contributed by atoms with E-state index in [-0.39, 0.29) is 11.9 Å². The highest BCUT2D eigenvalue weighted by Gasteiger charge is 2.19. The Hall–Kier alpha value is -0.440. The maximum Gasteiger partial charge on any atom is 0.323 e. The van der Waals surface area contributed by atoms with Gasteiger partial charge in [0.2, 0.25) is 0 Å². The Morgan fingerprint density at radius 2 is 1.25 bits per heavy atom. The molecule has 2 N–H and O–H groups in total. The van der Waals surface area contributed by atoms with Gasteiger partial charge in [-0.2, -0.15) is 25.3 Å². The van der Waals surface area contributed by atoms with Crippen LogP contribution in [-0.2, 0) is 19.1 Å². The molecular formula is C12H24N2O4S2. The van der Waals surface area contributed by atoms with Crippen molar-refractivity contribution in [3.8, 4) is 0 Å². The van der Waals surface area contributed by atoms with Crippen molar-refractivity contribution in [1.82, 2.24) is 10.6 Å². The third-order valence-corrected chi connectivity index (χ3v) is 3.14. The van der Waals surface area contributed by atoms with Crippen molar-refractivity contribution in [1.29, 1.82) is 0 Å². The largest absolute Gasteiger partial charge is 0.465 e. The number of thiol groups is 2. The molecular weight excluding hydrogens is 300 g/mol. The lowest BCUT2D eigenvalue weighted by atomic mass is 10.3. The number of hydrogen-bond donors (Lipinski definition) is 4. The van der Waals surface area contributed by atoms with E-state index in [4.69, 9.17) is 9.47 Å². The summed E-state index contributed by atoms with van der Waals surface area (Å²) >= 11 is 8.20. The number of carbonyl (C=O) groups is 2. The molecule has 0 fully saturated rings. The van der Waals surface area contributed by atoms with Crippen LogP contribution in [0.25, 0.3) is 0 Å². The zero-order chi connectivity index (χ0) is 15.4. The third-order valence-electron chi connectivity index (χ3n) is 2.41. The van der Waals surface area contributed by atoms with Crippen molar-refractivity contribution in [3.63, 3.8) is 0 Å². The van der Waals surface area contributed by atoms with Gasteiger partial charge < -0.3 is 20.1 Å². The molecule has 0 spiro atoms. The minimum Gasteiger partial charge on any atom is -0.465 e. The smallest absolute Gasteiger partial charge is 0.323 e. The Morgan fingerprint density at radius 1 is 0.900 bits per heavy atom. The van der Waals surface area contributed by atoms with Gasteiger partial charge in [0.05, 0.1) is 13.2 Å². The number of carbonyl (C=O) groups excluding carboxylic acids is 2. The number of nitrogens with one attached hydrogen (secondary N) is 2. The molecule has 0 unspecified atom stereocenters. The Morgan fingerprint density at radius 3 is 1.50 bits per heavy atom. The summed E-state index contributed by atoms with van der Waals surface area (Å²) in [5, 5.41) is 6.03. The lowest BCUT2D eigenvalue weighted by Gasteiger charge is -2.17. The van der Waals surface area contributed by atoms with Crippen LogP contribution in [0, 0.1) is 0 Å². The molecule has 118 valence electrons. The Kier molecular flexibility index (Phi) is 12.0. The van der Waals surface area contributed by atoms with Crippen LogP contribution < -0.4 is 10.6 Å². The van der Waals surface area contributed by atoms with E-state index in [1.54, 1.807) is 13.8 Å². The molecule has 0 aromatic carbocycles. The van der Waals surface area contributed by atoms with E-state index in [1.807, 2.05) is 0 Å². The van der Waals surface area contributed by atoms with Gasteiger partial charge in [-0.3, -0.25) is 9.59 Å². The van der Waals surface area contributed by atoms with Gasteiger partial charge >= 0.3 is 11.9 Å². The van der Waals surface area contributed by atoms with E-state index in [9.17, 15) is 9.59 Å². The predicted molar refractivity (Wildman–Crippen MR) is 84.6 cm³/mol. The molecule has 0 rings (SSSR count). The van der Waals surface area contributed by atoms with Crippen LogP contribution in [0.1, 0.15) is 13.8 Å². The SMILES string of the molecule is CCOC(=O)[C@@H](CS)NCCN[C@H](CS)C(=O)OCC. The minimum atomic E-state index is -0.447. The van der Waals surface area contributed by atoms with E-state index >= 15 is 0 Å². The van der Waals surface area contributed by atoms with Crippen LogP contribution in [0.5, 0.6) is 0 Å². The number of rotatable bonds is 11. The van der Waals surface area contributed by atoms with Crippen molar-refractivity contribution >= 4 is 37.2 Å². The highest BCUT2D eigenvalue weighted by atomic mass is 32.1. The van der Waals surface area contributed by atoms with Gasteiger partial charge in [-0.05, 0) is 13.8 Å². The fraction of sp³-hybridized carbons (Fsp3) is 0.833. The first kappa shape index (κ1) is 19.6. The van der Waals surface area contributed by atoms with Gasteiger partial charge in [0, 0.05) is 24.6 Å². The van der Waals surface area contributed by atoms with Gasteiger partial charge in [-0.25, -0.2) is 0 Å². The molecule has 8 heteroatoms. The normalized spacial score (nSPS) is 13.6. The fourth-order valence-electron chi connectivity index (χ4n) is 1.42. The zero-order valence-corrected chi connectivity index (χ0v) is 13.7. The summed E-state index contributed by atoms with van der Waals surface area (Å²) < 4.78 is 9.81. The van der Waals surface area contributed by atoms with Gasteiger partial charge in [0.1, 0.15) is 12.1 Å². The first-order valence-corrected chi connectivity index (χ1v) is 7.88. The molecule has 2 atom stereocenters. The highest BCUT2D eigenvalue weighted by Crippen LogP contribution is 1.94. The highest BCUT2D eigenvalue weighted by molar-refractivity contribution is 7.80. The summed E-state index contributed by atoms with van der Waals surface area (Å²) in [4.78, 5) is 23.0. The van der Waals surface area contributed by atoms with E-state index in [0.717, 1.165) is 0 Å². The monoisotopic (exact) mass is 324 g/mol. The number of hydrogen-bond acceptors (Lipinski definition) is 8. The fourth-order valence-corrected chi connectivity index (χ4v) is 1.98.